The van der Waals surface area contributed by atoms with Gasteiger partial charge in [-0.25, -0.2) is 0 Å². The van der Waals surface area contributed by atoms with Crippen molar-refractivity contribution in [1.82, 2.24) is 0 Å². The van der Waals surface area contributed by atoms with Gasteiger partial charge >= 0.3 is 124 Å². The molecule has 2 aliphatic heterocycles. The summed E-state index contributed by atoms with van der Waals surface area (Å²) in [7, 11) is 0. The Morgan fingerprint density at radius 1 is 1.26 bits per heavy atom. The molecule has 2 heterocycles. The summed E-state index contributed by atoms with van der Waals surface area (Å²) in [6.45, 7) is 0.744. The van der Waals surface area contributed by atoms with Crippen LogP contribution in [0.1, 0.15) is 25.7 Å². The SMILES string of the molecule is c1ccc([Se]CCC2CCCCOC3(OS3)O2)cc1. The monoisotopic (exact) mass is 346 g/mol. The molecule has 1 spiro atoms. The third kappa shape index (κ3) is 4.22. The van der Waals surface area contributed by atoms with Crippen LogP contribution < -0.4 is 4.46 Å². The van der Waals surface area contributed by atoms with Gasteiger partial charge in [-0.2, -0.15) is 0 Å². The third-order valence-electron chi connectivity index (χ3n) is 3.18. The molecule has 2 fully saturated rings. The summed E-state index contributed by atoms with van der Waals surface area (Å²) < 4.78 is 18.3. The number of hydrogen-bond donors (Lipinski definition) is 0. The first kappa shape index (κ1) is 13.9. The molecule has 3 rings (SSSR count). The first-order chi connectivity index (χ1) is 9.36. The Kier molecular flexibility index (Phi) is 4.85. The maximum absolute atomic E-state index is 5.96. The van der Waals surface area contributed by atoms with Gasteiger partial charge in [0.05, 0.1) is 0 Å². The zero-order valence-corrected chi connectivity index (χ0v) is 13.3. The fourth-order valence-electron chi connectivity index (χ4n) is 2.12. The molecule has 0 saturated carbocycles. The Morgan fingerprint density at radius 2 is 2.11 bits per heavy atom. The summed E-state index contributed by atoms with van der Waals surface area (Å²) in [5.74, 6) is 0. The molecule has 1 aromatic carbocycles. The van der Waals surface area contributed by atoms with Gasteiger partial charge in [-0.05, 0) is 0 Å². The van der Waals surface area contributed by atoms with E-state index in [1.54, 1.807) is 0 Å². The normalized spacial score (nSPS) is 30.8. The van der Waals surface area contributed by atoms with Gasteiger partial charge in [0.25, 0.3) is 0 Å². The summed E-state index contributed by atoms with van der Waals surface area (Å²) in [5, 5.41) is 0.466. The van der Waals surface area contributed by atoms with E-state index < -0.39 is 5.31 Å². The second-order valence-corrected chi connectivity index (χ2v) is 7.99. The van der Waals surface area contributed by atoms with Crippen LogP contribution in [-0.2, 0) is 13.7 Å². The van der Waals surface area contributed by atoms with Crippen molar-refractivity contribution in [2.75, 3.05) is 6.61 Å². The molecule has 1 aromatic rings. The Bertz CT molecular complexity index is 397. The van der Waals surface area contributed by atoms with Crippen molar-refractivity contribution in [1.29, 1.82) is 0 Å². The van der Waals surface area contributed by atoms with Gasteiger partial charge in [0.1, 0.15) is 0 Å². The molecule has 0 bridgehead atoms. The third-order valence-corrected chi connectivity index (χ3v) is 6.03. The molecule has 0 N–H and O–H groups in total. The van der Waals surface area contributed by atoms with Gasteiger partial charge in [0, 0.05) is 0 Å². The molecule has 0 aromatic heterocycles. The van der Waals surface area contributed by atoms with Crippen LogP contribution in [0.15, 0.2) is 30.3 Å². The zero-order valence-electron chi connectivity index (χ0n) is 10.7. The first-order valence-electron chi connectivity index (χ1n) is 6.73. The van der Waals surface area contributed by atoms with Crippen molar-refractivity contribution >= 4 is 31.5 Å². The van der Waals surface area contributed by atoms with Gasteiger partial charge in [-0.1, -0.05) is 0 Å². The van der Waals surface area contributed by atoms with Crippen LogP contribution in [0.25, 0.3) is 0 Å². The fourth-order valence-corrected chi connectivity index (χ4v) is 4.61. The fraction of sp³-hybridized carbons (Fsp3) is 0.571. The Balaban J connectivity index is 1.45. The molecule has 0 amide bonds. The van der Waals surface area contributed by atoms with Gasteiger partial charge in [0.15, 0.2) is 0 Å². The molecule has 5 heteroatoms. The second kappa shape index (κ2) is 6.61. The number of hydrogen-bond acceptors (Lipinski definition) is 4. The number of rotatable bonds is 4. The molecule has 2 unspecified atom stereocenters. The van der Waals surface area contributed by atoms with Crippen molar-refractivity contribution in [3.8, 4) is 0 Å². The molecular weight excluding hydrogens is 327 g/mol. The number of benzene rings is 1. The van der Waals surface area contributed by atoms with Crippen LogP contribution in [0.2, 0.25) is 5.32 Å². The van der Waals surface area contributed by atoms with Crippen LogP contribution in [0.5, 0.6) is 0 Å². The average Bonchev–Trinajstić information content (AvgIpc) is 3.17. The predicted molar refractivity (Wildman–Crippen MR) is 77.3 cm³/mol. The molecule has 0 radical (unpaired) electrons. The van der Waals surface area contributed by atoms with Gasteiger partial charge in [0.2, 0.25) is 0 Å². The van der Waals surface area contributed by atoms with E-state index in [0.29, 0.717) is 15.0 Å². The van der Waals surface area contributed by atoms with E-state index in [1.165, 1.54) is 28.2 Å². The predicted octanol–water partition coefficient (Wildman–Crippen LogP) is 2.70. The van der Waals surface area contributed by atoms with Gasteiger partial charge in [-0.15, -0.1) is 0 Å². The van der Waals surface area contributed by atoms with Crippen LogP contribution >= 0.6 is 12.0 Å². The summed E-state index contributed by atoms with van der Waals surface area (Å²) in [4.78, 5) is 0. The molecular formula is C14H18O3SSe. The van der Waals surface area contributed by atoms with Gasteiger partial charge < -0.3 is 0 Å². The summed E-state index contributed by atoms with van der Waals surface area (Å²) >= 11 is 1.85. The quantitative estimate of drug-likeness (QED) is 0.477. The van der Waals surface area contributed by atoms with E-state index in [-0.39, 0.29) is 6.10 Å². The summed E-state index contributed by atoms with van der Waals surface area (Å²) in [6.07, 6.45) is 4.80. The van der Waals surface area contributed by atoms with E-state index in [2.05, 4.69) is 30.3 Å². The molecule has 3 nitrogen and oxygen atoms in total. The zero-order chi connectivity index (χ0) is 13.0. The van der Waals surface area contributed by atoms with Crippen LogP contribution in [0.4, 0.5) is 0 Å². The van der Waals surface area contributed by atoms with E-state index in [1.807, 2.05) is 0 Å². The Morgan fingerprint density at radius 3 is 2.89 bits per heavy atom. The van der Waals surface area contributed by atoms with E-state index in [9.17, 15) is 0 Å². The van der Waals surface area contributed by atoms with Crippen LogP contribution in [0.3, 0.4) is 0 Å². The van der Waals surface area contributed by atoms with Crippen molar-refractivity contribution in [2.24, 2.45) is 0 Å². The van der Waals surface area contributed by atoms with Crippen molar-refractivity contribution < 1.29 is 13.7 Å². The molecule has 19 heavy (non-hydrogen) atoms. The van der Waals surface area contributed by atoms with Crippen molar-refractivity contribution in [2.45, 2.75) is 42.4 Å². The second-order valence-electron chi connectivity index (χ2n) is 4.70. The Labute approximate surface area is 124 Å². The maximum atomic E-state index is 5.96. The van der Waals surface area contributed by atoms with Crippen LogP contribution in [0, 0.1) is 0 Å². The van der Waals surface area contributed by atoms with Gasteiger partial charge in [-0.3, -0.25) is 0 Å². The van der Waals surface area contributed by atoms with Crippen molar-refractivity contribution in [3.63, 3.8) is 0 Å². The first-order valence-corrected chi connectivity index (χ1v) is 9.54. The van der Waals surface area contributed by atoms with E-state index >= 15 is 0 Å². The minimum absolute atomic E-state index is 0.279. The van der Waals surface area contributed by atoms with Crippen LogP contribution in [-0.4, -0.2) is 33.0 Å². The molecule has 104 valence electrons. The van der Waals surface area contributed by atoms with E-state index in [0.717, 1.165) is 25.9 Å². The summed E-state index contributed by atoms with van der Waals surface area (Å²) in [5.41, 5.74) is 0. The van der Waals surface area contributed by atoms with E-state index in [4.69, 9.17) is 13.7 Å². The Hall–Kier alpha value is -0.0305. The molecule has 2 saturated heterocycles. The van der Waals surface area contributed by atoms with Crippen molar-refractivity contribution in [3.05, 3.63) is 30.3 Å². The molecule has 0 aliphatic carbocycles. The topological polar surface area (TPSA) is 31.0 Å². The summed E-state index contributed by atoms with van der Waals surface area (Å²) in [6, 6.07) is 10.7. The molecule has 2 aliphatic rings. The molecule has 2 atom stereocenters. The average molecular weight is 345 g/mol. The number of ether oxygens (including phenoxy) is 2. The standard InChI is InChI=1S/C14H18O3SSe/c1-2-7-13(8-3-1)19-11-9-12-6-4-5-10-15-14(16-12)17-18-14/h1-3,7-8,12H,4-6,9-11H2. The minimum atomic E-state index is -0.745.